The minimum atomic E-state index is 0.0642. The molecule has 154 valence electrons. The first-order valence-corrected chi connectivity index (χ1v) is 10.2. The minimum absolute atomic E-state index is 0.0642. The van der Waals surface area contributed by atoms with Gasteiger partial charge in [0.2, 0.25) is 5.91 Å². The highest BCUT2D eigenvalue weighted by atomic mass is 16.2. The molecule has 1 fully saturated rings. The van der Waals surface area contributed by atoms with E-state index in [-0.39, 0.29) is 5.91 Å². The maximum absolute atomic E-state index is 12.7. The van der Waals surface area contributed by atoms with Gasteiger partial charge in [0.05, 0.1) is 11.9 Å². The van der Waals surface area contributed by atoms with Crippen LogP contribution in [0.4, 0.5) is 11.4 Å². The van der Waals surface area contributed by atoms with Gasteiger partial charge in [0, 0.05) is 58.2 Å². The molecule has 0 spiro atoms. The Kier molecular flexibility index (Phi) is 5.42. The lowest BCUT2D eigenvalue weighted by Gasteiger charge is -2.35. The number of piperazine rings is 1. The van der Waals surface area contributed by atoms with Crippen LogP contribution < -0.4 is 15.1 Å². The number of benzene rings is 1. The van der Waals surface area contributed by atoms with Gasteiger partial charge in [-0.25, -0.2) is 0 Å². The van der Waals surface area contributed by atoms with E-state index < -0.39 is 0 Å². The van der Waals surface area contributed by atoms with Crippen LogP contribution >= 0.6 is 0 Å². The molecule has 29 heavy (non-hydrogen) atoms. The quantitative estimate of drug-likeness (QED) is 0.620. The number of carbonyl (C=O) groups is 1. The second kappa shape index (κ2) is 8.14. The van der Waals surface area contributed by atoms with Crippen molar-refractivity contribution in [2.45, 2.75) is 19.4 Å². The van der Waals surface area contributed by atoms with Crippen molar-refractivity contribution in [3.8, 4) is 0 Å². The van der Waals surface area contributed by atoms with Crippen molar-refractivity contribution in [1.82, 2.24) is 20.0 Å². The molecule has 1 amide bonds. The number of amides is 1. The summed E-state index contributed by atoms with van der Waals surface area (Å²) in [4.78, 5) is 23.3. The van der Waals surface area contributed by atoms with Crippen LogP contribution in [0.15, 0.2) is 41.7 Å². The molecule has 2 aliphatic heterocycles. The molecule has 1 aromatic carbocycles. The molecule has 1 N–H and O–H groups in total. The number of nitrogens with zero attached hydrogens (tertiary/aromatic N) is 6. The first-order valence-electron chi connectivity index (χ1n) is 10.2. The number of rotatable bonds is 4. The maximum Gasteiger partial charge on any atom is 0.246 e. The van der Waals surface area contributed by atoms with Crippen molar-refractivity contribution in [3.05, 3.63) is 42.2 Å². The van der Waals surface area contributed by atoms with Crippen LogP contribution in [0.1, 0.15) is 12.5 Å². The van der Waals surface area contributed by atoms with Gasteiger partial charge >= 0.3 is 0 Å². The van der Waals surface area contributed by atoms with E-state index in [2.05, 4.69) is 51.5 Å². The van der Waals surface area contributed by atoms with Crippen molar-refractivity contribution < 1.29 is 4.79 Å². The summed E-state index contributed by atoms with van der Waals surface area (Å²) in [5.74, 6) is 0.846. The molecular weight excluding hydrogens is 366 g/mol. The number of guanidine groups is 1. The summed E-state index contributed by atoms with van der Waals surface area (Å²) in [6.45, 7) is 5.64. The molecule has 2 aromatic rings. The summed E-state index contributed by atoms with van der Waals surface area (Å²) >= 11 is 0. The summed E-state index contributed by atoms with van der Waals surface area (Å²) < 4.78 is 1.72. The van der Waals surface area contributed by atoms with Gasteiger partial charge in [0.1, 0.15) is 6.54 Å². The molecule has 0 radical (unpaired) electrons. The van der Waals surface area contributed by atoms with Crippen LogP contribution in [0.2, 0.25) is 0 Å². The molecule has 2 aliphatic rings. The molecule has 1 saturated heterocycles. The molecule has 1 aromatic heterocycles. The zero-order valence-electron chi connectivity index (χ0n) is 17.4. The summed E-state index contributed by atoms with van der Waals surface area (Å²) in [5.41, 5.74) is 3.60. The highest BCUT2D eigenvalue weighted by Crippen LogP contribution is 2.31. The number of para-hydroxylation sites is 1. The molecule has 3 heterocycles. The van der Waals surface area contributed by atoms with Gasteiger partial charge in [-0.1, -0.05) is 18.2 Å². The summed E-state index contributed by atoms with van der Waals surface area (Å²) in [6.07, 6.45) is 4.70. The standard InChI is InChI=1S/C21H29N7O/c1-16-12-17-6-4-5-7-19(17)27(16)9-8-23-21(22-2)26-10-11-28(20(29)15-26)18-13-24-25(3)14-18/h4-7,13-14,16H,8-12,15H2,1-3H3,(H,22,23). The van der Waals surface area contributed by atoms with Crippen LogP contribution in [0.5, 0.6) is 0 Å². The lowest BCUT2D eigenvalue weighted by atomic mass is 10.1. The van der Waals surface area contributed by atoms with Gasteiger partial charge < -0.3 is 20.0 Å². The van der Waals surface area contributed by atoms with Crippen LogP contribution in [0.3, 0.4) is 0 Å². The fourth-order valence-electron chi connectivity index (χ4n) is 4.27. The second-order valence-corrected chi connectivity index (χ2v) is 7.69. The van der Waals surface area contributed by atoms with Gasteiger partial charge in [-0.2, -0.15) is 5.10 Å². The maximum atomic E-state index is 12.7. The van der Waals surface area contributed by atoms with Gasteiger partial charge in [-0.05, 0) is 25.0 Å². The molecule has 8 heteroatoms. The van der Waals surface area contributed by atoms with Crippen LogP contribution in [-0.2, 0) is 18.3 Å². The SMILES string of the molecule is CN=C(NCCN1c2ccccc2CC1C)N1CCN(c2cnn(C)c2)C(=O)C1. The Hall–Kier alpha value is -3.03. The number of nitrogens with one attached hydrogen (secondary N) is 1. The Labute approximate surface area is 171 Å². The van der Waals surface area contributed by atoms with Crippen molar-refractivity contribution in [2.75, 3.05) is 49.6 Å². The summed E-state index contributed by atoms with van der Waals surface area (Å²) in [6, 6.07) is 9.12. The van der Waals surface area contributed by atoms with E-state index in [0.29, 0.717) is 19.1 Å². The van der Waals surface area contributed by atoms with Gasteiger partial charge in [-0.15, -0.1) is 0 Å². The molecule has 8 nitrogen and oxygen atoms in total. The molecule has 1 atom stereocenters. The Balaban J connectivity index is 1.32. The number of aryl methyl sites for hydroxylation is 1. The topological polar surface area (TPSA) is 69.0 Å². The number of aliphatic imine (C=N–C) groups is 1. The normalized spacial score (nSPS) is 19.7. The number of hydrogen-bond donors (Lipinski definition) is 1. The van der Waals surface area contributed by atoms with E-state index in [1.807, 2.05) is 18.1 Å². The van der Waals surface area contributed by atoms with Crippen LogP contribution in [0.25, 0.3) is 0 Å². The Bertz CT molecular complexity index is 906. The average Bonchev–Trinajstić information content (AvgIpc) is 3.28. The van der Waals surface area contributed by atoms with Gasteiger partial charge in [0.25, 0.3) is 0 Å². The van der Waals surface area contributed by atoms with E-state index in [4.69, 9.17) is 0 Å². The predicted molar refractivity (Wildman–Crippen MR) is 115 cm³/mol. The van der Waals surface area contributed by atoms with Crippen molar-refractivity contribution >= 4 is 23.2 Å². The van der Waals surface area contributed by atoms with Crippen LogP contribution in [-0.4, -0.2) is 72.4 Å². The fourth-order valence-corrected chi connectivity index (χ4v) is 4.27. The van der Waals surface area contributed by atoms with E-state index in [1.54, 1.807) is 22.8 Å². The summed E-state index contributed by atoms with van der Waals surface area (Å²) in [7, 11) is 3.63. The largest absolute Gasteiger partial charge is 0.367 e. The predicted octanol–water partition coefficient (Wildman–Crippen LogP) is 1.10. The Morgan fingerprint density at radius 3 is 2.86 bits per heavy atom. The second-order valence-electron chi connectivity index (χ2n) is 7.69. The monoisotopic (exact) mass is 395 g/mol. The number of anilines is 2. The van der Waals surface area contributed by atoms with E-state index in [1.165, 1.54) is 11.3 Å². The molecule has 4 rings (SSSR count). The molecule has 0 bridgehead atoms. The summed E-state index contributed by atoms with van der Waals surface area (Å²) in [5, 5.41) is 7.61. The van der Waals surface area contributed by atoms with Crippen molar-refractivity contribution in [1.29, 1.82) is 0 Å². The number of hydrogen-bond acceptors (Lipinski definition) is 4. The molecule has 0 saturated carbocycles. The Morgan fingerprint density at radius 1 is 1.31 bits per heavy atom. The van der Waals surface area contributed by atoms with Gasteiger partial charge in [0.15, 0.2) is 5.96 Å². The lowest BCUT2D eigenvalue weighted by molar-refractivity contribution is -0.120. The van der Waals surface area contributed by atoms with Gasteiger partial charge in [-0.3, -0.25) is 14.5 Å². The third kappa shape index (κ3) is 3.92. The lowest BCUT2D eigenvalue weighted by Crippen LogP contribution is -2.56. The Morgan fingerprint density at radius 2 is 2.14 bits per heavy atom. The first kappa shape index (κ1) is 19.3. The van der Waals surface area contributed by atoms with E-state index in [0.717, 1.165) is 37.7 Å². The third-order valence-corrected chi connectivity index (χ3v) is 5.72. The fraction of sp³-hybridized carbons (Fsp3) is 0.476. The van der Waals surface area contributed by atoms with E-state index >= 15 is 0 Å². The van der Waals surface area contributed by atoms with Crippen molar-refractivity contribution in [3.63, 3.8) is 0 Å². The smallest absolute Gasteiger partial charge is 0.246 e. The highest BCUT2D eigenvalue weighted by Gasteiger charge is 2.28. The molecule has 0 aliphatic carbocycles. The minimum Gasteiger partial charge on any atom is -0.367 e. The third-order valence-electron chi connectivity index (χ3n) is 5.72. The van der Waals surface area contributed by atoms with Crippen molar-refractivity contribution in [2.24, 2.45) is 12.0 Å². The molecular formula is C21H29N7O. The number of carbonyl (C=O) groups excluding carboxylic acids is 1. The zero-order chi connectivity index (χ0) is 20.4. The first-order chi connectivity index (χ1) is 14.1. The number of fused-ring (bicyclic) bond motifs is 1. The molecule has 1 unspecified atom stereocenters. The van der Waals surface area contributed by atoms with Crippen LogP contribution in [0, 0.1) is 0 Å². The average molecular weight is 396 g/mol. The number of aromatic nitrogens is 2. The highest BCUT2D eigenvalue weighted by molar-refractivity contribution is 5.98. The van der Waals surface area contributed by atoms with E-state index in [9.17, 15) is 4.79 Å². The zero-order valence-corrected chi connectivity index (χ0v) is 17.4.